The monoisotopic (exact) mass is 341 g/mol. The van der Waals surface area contributed by atoms with E-state index in [2.05, 4.69) is 39.6 Å². The minimum Gasteiger partial charge on any atom is -0.339 e. The summed E-state index contributed by atoms with van der Waals surface area (Å²) in [4.78, 5) is 17.0. The average molecular weight is 341 g/mol. The van der Waals surface area contributed by atoms with Crippen molar-refractivity contribution in [1.29, 1.82) is 0 Å². The van der Waals surface area contributed by atoms with Gasteiger partial charge in [0.25, 0.3) is 0 Å². The van der Waals surface area contributed by atoms with Crippen molar-refractivity contribution in [1.82, 2.24) is 24.9 Å². The third-order valence-electron chi connectivity index (χ3n) is 4.65. The molecule has 1 aliphatic heterocycles. The van der Waals surface area contributed by atoms with Gasteiger partial charge in [0.1, 0.15) is 0 Å². The van der Waals surface area contributed by atoms with Crippen LogP contribution in [0.25, 0.3) is 0 Å². The van der Waals surface area contributed by atoms with Gasteiger partial charge >= 0.3 is 0 Å². The molecule has 6 nitrogen and oxygen atoms in total. The standard InChI is InChI=1S/C19H27N5O/c1-17(20-9-11-24-10-5-8-21-24)19(25)23-14-12-22(13-15-23)16-18-6-3-2-4-7-18/h2-8,10,17,20H,9,11-16H2,1H3/t17-/m0/s1. The van der Waals surface area contributed by atoms with Crippen LogP contribution in [0.2, 0.25) is 0 Å². The average Bonchev–Trinajstić information content (AvgIpc) is 3.16. The molecular formula is C19H27N5O. The molecule has 0 bridgehead atoms. The number of hydrogen-bond donors (Lipinski definition) is 1. The van der Waals surface area contributed by atoms with Crippen molar-refractivity contribution in [2.75, 3.05) is 32.7 Å². The van der Waals surface area contributed by atoms with Crippen LogP contribution in [0.3, 0.4) is 0 Å². The summed E-state index contributed by atoms with van der Waals surface area (Å²) in [5.41, 5.74) is 1.33. The van der Waals surface area contributed by atoms with E-state index in [0.717, 1.165) is 45.8 Å². The Balaban J connectivity index is 1.38. The van der Waals surface area contributed by atoms with Crippen LogP contribution in [0, 0.1) is 0 Å². The SMILES string of the molecule is C[C@H](NCCn1cccn1)C(=O)N1CCN(Cc2ccccc2)CC1. The number of hydrogen-bond acceptors (Lipinski definition) is 4. The Morgan fingerprint density at radius 1 is 1.16 bits per heavy atom. The van der Waals surface area contributed by atoms with E-state index < -0.39 is 0 Å². The second kappa shape index (κ2) is 8.78. The molecule has 0 radical (unpaired) electrons. The van der Waals surface area contributed by atoms with Crippen LogP contribution in [0.5, 0.6) is 0 Å². The third kappa shape index (κ3) is 5.14. The molecule has 0 aliphatic carbocycles. The van der Waals surface area contributed by atoms with Crippen molar-refractivity contribution in [3.05, 3.63) is 54.4 Å². The van der Waals surface area contributed by atoms with Gasteiger partial charge in [0.05, 0.1) is 12.6 Å². The van der Waals surface area contributed by atoms with Gasteiger partial charge in [-0.25, -0.2) is 0 Å². The molecule has 25 heavy (non-hydrogen) atoms. The lowest BCUT2D eigenvalue weighted by atomic mass is 10.2. The molecular weight excluding hydrogens is 314 g/mol. The van der Waals surface area contributed by atoms with Gasteiger partial charge in [0, 0.05) is 51.7 Å². The molecule has 0 saturated carbocycles. The molecule has 1 aromatic carbocycles. The van der Waals surface area contributed by atoms with Gasteiger partial charge in [-0.1, -0.05) is 30.3 Å². The second-order valence-corrected chi connectivity index (χ2v) is 6.53. The van der Waals surface area contributed by atoms with Crippen molar-refractivity contribution in [3.63, 3.8) is 0 Å². The van der Waals surface area contributed by atoms with Crippen LogP contribution in [0.4, 0.5) is 0 Å². The maximum absolute atomic E-state index is 12.6. The molecule has 1 amide bonds. The summed E-state index contributed by atoms with van der Waals surface area (Å²) in [5, 5.41) is 7.47. The predicted octanol–water partition coefficient (Wildman–Crippen LogP) is 1.21. The zero-order valence-corrected chi connectivity index (χ0v) is 14.8. The molecule has 1 atom stereocenters. The molecule has 1 aromatic heterocycles. The highest BCUT2D eigenvalue weighted by molar-refractivity contribution is 5.81. The molecule has 1 saturated heterocycles. The summed E-state index contributed by atoms with van der Waals surface area (Å²) < 4.78 is 1.87. The van der Waals surface area contributed by atoms with Crippen molar-refractivity contribution in [2.45, 2.75) is 26.1 Å². The molecule has 0 spiro atoms. The molecule has 2 aromatic rings. The fraction of sp³-hybridized carbons (Fsp3) is 0.474. The van der Waals surface area contributed by atoms with Crippen molar-refractivity contribution < 1.29 is 4.79 Å². The van der Waals surface area contributed by atoms with Crippen molar-refractivity contribution in [2.24, 2.45) is 0 Å². The van der Waals surface area contributed by atoms with E-state index in [0.29, 0.717) is 0 Å². The lowest BCUT2D eigenvalue weighted by Gasteiger charge is -2.36. The van der Waals surface area contributed by atoms with Gasteiger partial charge in [-0.2, -0.15) is 5.10 Å². The quantitative estimate of drug-likeness (QED) is 0.822. The number of carbonyl (C=O) groups is 1. The first-order chi connectivity index (χ1) is 12.2. The Labute approximate surface area is 149 Å². The predicted molar refractivity (Wildman–Crippen MR) is 98.0 cm³/mol. The number of piperazine rings is 1. The molecule has 6 heteroatoms. The zero-order valence-electron chi connectivity index (χ0n) is 14.8. The lowest BCUT2D eigenvalue weighted by Crippen LogP contribution is -2.53. The van der Waals surface area contributed by atoms with Crippen LogP contribution in [0.15, 0.2) is 48.8 Å². The van der Waals surface area contributed by atoms with Gasteiger partial charge < -0.3 is 10.2 Å². The number of aromatic nitrogens is 2. The molecule has 134 valence electrons. The Morgan fingerprint density at radius 3 is 2.60 bits per heavy atom. The van der Waals surface area contributed by atoms with Crippen molar-refractivity contribution in [3.8, 4) is 0 Å². The van der Waals surface area contributed by atoms with Gasteiger partial charge in [0.2, 0.25) is 5.91 Å². The number of amides is 1. The highest BCUT2D eigenvalue weighted by atomic mass is 16.2. The molecule has 1 N–H and O–H groups in total. The Bertz CT molecular complexity index is 635. The summed E-state index contributed by atoms with van der Waals surface area (Å²) in [6.45, 7) is 7.88. The van der Waals surface area contributed by atoms with Gasteiger partial charge in [0.15, 0.2) is 0 Å². The first kappa shape index (κ1) is 17.6. The second-order valence-electron chi connectivity index (χ2n) is 6.53. The smallest absolute Gasteiger partial charge is 0.239 e. The maximum Gasteiger partial charge on any atom is 0.239 e. The number of nitrogens with one attached hydrogen (secondary N) is 1. The van der Waals surface area contributed by atoms with E-state index in [1.165, 1.54) is 5.56 Å². The van der Waals surface area contributed by atoms with Crippen molar-refractivity contribution >= 4 is 5.91 Å². The van der Waals surface area contributed by atoms with E-state index in [1.54, 1.807) is 6.20 Å². The molecule has 1 aliphatic rings. The van der Waals surface area contributed by atoms with E-state index in [9.17, 15) is 4.79 Å². The van der Waals surface area contributed by atoms with E-state index in [1.807, 2.05) is 34.8 Å². The van der Waals surface area contributed by atoms with Gasteiger partial charge in [-0.3, -0.25) is 14.4 Å². The van der Waals surface area contributed by atoms with Gasteiger partial charge in [-0.05, 0) is 18.6 Å². The third-order valence-corrected chi connectivity index (χ3v) is 4.65. The summed E-state index contributed by atoms with van der Waals surface area (Å²) >= 11 is 0. The zero-order chi connectivity index (χ0) is 17.5. The summed E-state index contributed by atoms with van der Waals surface area (Å²) in [5.74, 6) is 0.194. The largest absolute Gasteiger partial charge is 0.339 e. The minimum absolute atomic E-state index is 0.156. The minimum atomic E-state index is -0.156. The van der Waals surface area contributed by atoms with Gasteiger partial charge in [-0.15, -0.1) is 0 Å². The first-order valence-corrected chi connectivity index (χ1v) is 8.98. The van der Waals surface area contributed by atoms with E-state index in [4.69, 9.17) is 0 Å². The topological polar surface area (TPSA) is 53.4 Å². The van der Waals surface area contributed by atoms with Crippen LogP contribution >= 0.6 is 0 Å². The van der Waals surface area contributed by atoms with Crippen LogP contribution in [-0.2, 0) is 17.9 Å². The number of rotatable bonds is 7. The van der Waals surface area contributed by atoms with Crippen LogP contribution in [-0.4, -0.2) is 64.3 Å². The van der Waals surface area contributed by atoms with Crippen LogP contribution < -0.4 is 5.32 Å². The first-order valence-electron chi connectivity index (χ1n) is 8.98. The highest BCUT2D eigenvalue weighted by Crippen LogP contribution is 2.09. The Hall–Kier alpha value is -2.18. The number of nitrogens with zero attached hydrogens (tertiary/aromatic N) is 4. The number of carbonyl (C=O) groups excluding carboxylic acids is 1. The van der Waals surface area contributed by atoms with E-state index in [-0.39, 0.29) is 11.9 Å². The number of benzene rings is 1. The fourth-order valence-corrected chi connectivity index (χ4v) is 3.16. The highest BCUT2D eigenvalue weighted by Gasteiger charge is 2.24. The molecule has 1 fully saturated rings. The Kier molecular flexibility index (Phi) is 6.19. The molecule has 3 rings (SSSR count). The van der Waals surface area contributed by atoms with E-state index >= 15 is 0 Å². The lowest BCUT2D eigenvalue weighted by molar-refractivity contribution is -0.134. The summed E-state index contributed by atoms with van der Waals surface area (Å²) in [6.07, 6.45) is 3.70. The maximum atomic E-state index is 12.6. The summed E-state index contributed by atoms with van der Waals surface area (Å²) in [7, 11) is 0. The summed E-state index contributed by atoms with van der Waals surface area (Å²) in [6, 6.07) is 12.3. The fourth-order valence-electron chi connectivity index (χ4n) is 3.16. The Morgan fingerprint density at radius 2 is 1.92 bits per heavy atom. The van der Waals surface area contributed by atoms with Crippen LogP contribution in [0.1, 0.15) is 12.5 Å². The normalized spacial score (nSPS) is 16.8. The molecule has 0 unspecified atom stereocenters. The molecule has 2 heterocycles.